The second-order valence-corrected chi connectivity index (χ2v) is 4.50. The molecule has 2 N–H and O–H groups in total. The van der Waals surface area contributed by atoms with Crippen LogP contribution in [0.1, 0.15) is 51.9 Å². The lowest BCUT2D eigenvalue weighted by atomic mass is 9.94. The molecule has 0 saturated heterocycles. The maximum atomic E-state index is 3.80. The molecular formula is C12H26N2. The van der Waals surface area contributed by atoms with Gasteiger partial charge in [-0.2, -0.15) is 0 Å². The Balaban J connectivity index is 2.16. The van der Waals surface area contributed by atoms with Crippen molar-refractivity contribution >= 4 is 0 Å². The predicted molar refractivity (Wildman–Crippen MR) is 62.6 cm³/mol. The van der Waals surface area contributed by atoms with E-state index < -0.39 is 0 Å². The van der Waals surface area contributed by atoms with Crippen LogP contribution >= 0.6 is 0 Å². The third-order valence-electron chi connectivity index (χ3n) is 3.31. The average Bonchev–Trinajstić information content (AvgIpc) is 2.25. The zero-order valence-corrected chi connectivity index (χ0v) is 9.81. The predicted octanol–water partition coefficient (Wildman–Crippen LogP) is 2.30. The first-order valence-corrected chi connectivity index (χ1v) is 6.27. The maximum absolute atomic E-state index is 3.80. The molecule has 1 atom stereocenters. The summed E-state index contributed by atoms with van der Waals surface area (Å²) in [5, 5.41) is 7.03. The van der Waals surface area contributed by atoms with Crippen LogP contribution in [-0.4, -0.2) is 25.7 Å². The molecule has 1 saturated carbocycles. The minimum Gasteiger partial charge on any atom is -0.320 e. The fourth-order valence-electron chi connectivity index (χ4n) is 2.33. The van der Waals surface area contributed by atoms with Crippen molar-refractivity contribution < 1.29 is 0 Å². The highest BCUT2D eigenvalue weighted by Crippen LogP contribution is 2.18. The minimum atomic E-state index is 0.727. The van der Waals surface area contributed by atoms with E-state index in [1.54, 1.807) is 0 Å². The van der Waals surface area contributed by atoms with Crippen molar-refractivity contribution in [2.24, 2.45) is 0 Å². The van der Waals surface area contributed by atoms with E-state index >= 15 is 0 Å². The van der Waals surface area contributed by atoms with Crippen molar-refractivity contribution in [3.63, 3.8) is 0 Å². The lowest BCUT2D eigenvalue weighted by Gasteiger charge is -2.28. The van der Waals surface area contributed by atoms with Gasteiger partial charge in [-0.25, -0.2) is 0 Å². The number of hydrogen-bond acceptors (Lipinski definition) is 2. The zero-order valence-electron chi connectivity index (χ0n) is 9.81. The van der Waals surface area contributed by atoms with Crippen LogP contribution in [0.15, 0.2) is 0 Å². The molecule has 0 aromatic heterocycles. The molecule has 0 bridgehead atoms. The summed E-state index contributed by atoms with van der Waals surface area (Å²) in [6.07, 6.45) is 9.64. The van der Waals surface area contributed by atoms with Crippen LogP contribution in [0.3, 0.4) is 0 Å². The quantitative estimate of drug-likeness (QED) is 0.684. The van der Waals surface area contributed by atoms with Gasteiger partial charge in [-0.3, -0.25) is 0 Å². The number of hydrogen-bond donors (Lipinski definition) is 2. The van der Waals surface area contributed by atoms with Crippen molar-refractivity contribution in [1.82, 2.24) is 10.6 Å². The maximum Gasteiger partial charge on any atom is 0.00791 e. The van der Waals surface area contributed by atoms with Gasteiger partial charge >= 0.3 is 0 Å². The van der Waals surface area contributed by atoms with Gasteiger partial charge in [0.15, 0.2) is 0 Å². The van der Waals surface area contributed by atoms with Gasteiger partial charge in [0.1, 0.15) is 0 Å². The third kappa shape index (κ3) is 4.43. The first kappa shape index (κ1) is 12.0. The van der Waals surface area contributed by atoms with E-state index in [2.05, 4.69) is 17.6 Å². The minimum absolute atomic E-state index is 0.727. The van der Waals surface area contributed by atoms with Crippen LogP contribution in [-0.2, 0) is 0 Å². The summed E-state index contributed by atoms with van der Waals surface area (Å²) < 4.78 is 0. The number of rotatable bonds is 6. The van der Waals surface area contributed by atoms with Gasteiger partial charge in [-0.15, -0.1) is 0 Å². The van der Waals surface area contributed by atoms with Crippen LogP contribution in [0, 0.1) is 0 Å². The van der Waals surface area contributed by atoms with Crippen LogP contribution in [0.4, 0.5) is 0 Å². The molecule has 1 aliphatic carbocycles. The fourth-order valence-corrected chi connectivity index (χ4v) is 2.33. The van der Waals surface area contributed by atoms with E-state index in [1.807, 2.05) is 7.05 Å². The Bertz CT molecular complexity index is 130. The van der Waals surface area contributed by atoms with Crippen molar-refractivity contribution in [1.29, 1.82) is 0 Å². The molecular weight excluding hydrogens is 172 g/mol. The van der Waals surface area contributed by atoms with E-state index in [0.717, 1.165) is 18.6 Å². The van der Waals surface area contributed by atoms with Gasteiger partial charge < -0.3 is 10.6 Å². The highest BCUT2D eigenvalue weighted by atomic mass is 15.0. The van der Waals surface area contributed by atoms with Crippen molar-refractivity contribution in [3.8, 4) is 0 Å². The normalized spacial score (nSPS) is 21.0. The molecule has 1 fully saturated rings. The summed E-state index contributed by atoms with van der Waals surface area (Å²) in [6.45, 7) is 3.42. The van der Waals surface area contributed by atoms with E-state index in [4.69, 9.17) is 0 Å². The molecule has 0 radical (unpaired) electrons. The standard InChI is InChI=1S/C12H26N2/c1-3-11(9-10-13-2)14-12-7-5-4-6-8-12/h11-14H,3-10H2,1-2H3/t11-/m1/s1. The Hall–Kier alpha value is -0.0800. The molecule has 0 amide bonds. The van der Waals surface area contributed by atoms with Crippen molar-refractivity contribution in [2.45, 2.75) is 64.0 Å². The lowest BCUT2D eigenvalue weighted by Crippen LogP contribution is -2.40. The van der Waals surface area contributed by atoms with Crippen LogP contribution in [0.2, 0.25) is 0 Å². The van der Waals surface area contributed by atoms with Crippen molar-refractivity contribution in [2.75, 3.05) is 13.6 Å². The summed E-state index contributed by atoms with van der Waals surface area (Å²) in [4.78, 5) is 0. The van der Waals surface area contributed by atoms with E-state index in [-0.39, 0.29) is 0 Å². The summed E-state index contributed by atoms with van der Waals surface area (Å²) in [5.41, 5.74) is 0. The molecule has 0 spiro atoms. The fraction of sp³-hybridized carbons (Fsp3) is 1.00. The first-order valence-electron chi connectivity index (χ1n) is 6.27. The van der Waals surface area contributed by atoms with E-state index in [9.17, 15) is 0 Å². The second-order valence-electron chi connectivity index (χ2n) is 4.50. The third-order valence-corrected chi connectivity index (χ3v) is 3.31. The molecule has 0 aliphatic heterocycles. The summed E-state index contributed by atoms with van der Waals surface area (Å²) in [7, 11) is 2.04. The molecule has 0 unspecified atom stereocenters. The van der Waals surface area contributed by atoms with Gasteiger partial charge in [0.05, 0.1) is 0 Å². The van der Waals surface area contributed by atoms with Gasteiger partial charge in [0.25, 0.3) is 0 Å². The monoisotopic (exact) mass is 198 g/mol. The zero-order chi connectivity index (χ0) is 10.2. The SMILES string of the molecule is CC[C@H](CCNC)NC1CCCCC1. The molecule has 2 heteroatoms. The van der Waals surface area contributed by atoms with E-state index in [1.165, 1.54) is 44.9 Å². The Morgan fingerprint density at radius 2 is 1.93 bits per heavy atom. The molecule has 1 rings (SSSR count). The number of nitrogens with one attached hydrogen (secondary N) is 2. The van der Waals surface area contributed by atoms with Gasteiger partial charge in [-0.1, -0.05) is 26.2 Å². The summed E-state index contributed by atoms with van der Waals surface area (Å²) in [5.74, 6) is 0. The second kappa shape index (κ2) is 7.24. The highest BCUT2D eigenvalue weighted by molar-refractivity contribution is 4.77. The Labute approximate surface area is 88.8 Å². The molecule has 2 nitrogen and oxygen atoms in total. The summed E-state index contributed by atoms with van der Waals surface area (Å²) >= 11 is 0. The van der Waals surface area contributed by atoms with Crippen LogP contribution < -0.4 is 10.6 Å². The topological polar surface area (TPSA) is 24.1 Å². The van der Waals surface area contributed by atoms with Crippen LogP contribution in [0.5, 0.6) is 0 Å². The van der Waals surface area contributed by atoms with Gasteiger partial charge in [0.2, 0.25) is 0 Å². The Morgan fingerprint density at radius 1 is 1.21 bits per heavy atom. The summed E-state index contributed by atoms with van der Waals surface area (Å²) in [6, 6.07) is 1.54. The van der Waals surface area contributed by atoms with Gasteiger partial charge in [-0.05, 0) is 39.3 Å². The molecule has 0 aromatic carbocycles. The van der Waals surface area contributed by atoms with Crippen molar-refractivity contribution in [3.05, 3.63) is 0 Å². The molecule has 0 aromatic rings. The molecule has 14 heavy (non-hydrogen) atoms. The lowest BCUT2D eigenvalue weighted by molar-refractivity contribution is 0.322. The Kier molecular flexibility index (Phi) is 6.20. The first-order chi connectivity index (χ1) is 6.86. The van der Waals surface area contributed by atoms with Crippen LogP contribution in [0.25, 0.3) is 0 Å². The van der Waals surface area contributed by atoms with Gasteiger partial charge in [0, 0.05) is 12.1 Å². The smallest absolute Gasteiger partial charge is 0.00791 e. The molecule has 84 valence electrons. The Morgan fingerprint density at radius 3 is 2.50 bits per heavy atom. The molecule has 1 aliphatic rings. The van der Waals surface area contributed by atoms with E-state index in [0.29, 0.717) is 0 Å². The average molecular weight is 198 g/mol. The highest BCUT2D eigenvalue weighted by Gasteiger charge is 2.16. The molecule has 0 heterocycles. The largest absolute Gasteiger partial charge is 0.320 e.